The molecule has 0 spiro atoms. The van der Waals surface area contributed by atoms with Crippen LogP contribution in [0.3, 0.4) is 0 Å². The number of amides is 1. The van der Waals surface area contributed by atoms with Crippen molar-refractivity contribution in [2.75, 3.05) is 13.2 Å². The van der Waals surface area contributed by atoms with Crippen molar-refractivity contribution in [3.8, 4) is 11.5 Å². The molecule has 0 bridgehead atoms. The molecule has 0 radical (unpaired) electrons. The summed E-state index contributed by atoms with van der Waals surface area (Å²) in [6.45, 7) is -2.27. The van der Waals surface area contributed by atoms with Gasteiger partial charge in [-0.15, -0.1) is 0 Å². The molecule has 1 aliphatic rings. The summed E-state index contributed by atoms with van der Waals surface area (Å²) in [5.41, 5.74) is 0.0448. The summed E-state index contributed by atoms with van der Waals surface area (Å²) in [7, 11) is 0. The molecule has 1 atom stereocenters. The van der Waals surface area contributed by atoms with Crippen molar-refractivity contribution in [1.82, 2.24) is 4.73 Å². The van der Waals surface area contributed by atoms with Gasteiger partial charge in [0.05, 0.1) is 35.7 Å². The van der Waals surface area contributed by atoms with E-state index in [-0.39, 0.29) is 38.6 Å². The predicted octanol–water partition coefficient (Wildman–Crippen LogP) is 3.54. The van der Waals surface area contributed by atoms with Crippen LogP contribution in [0.5, 0.6) is 11.5 Å². The third-order valence-electron chi connectivity index (χ3n) is 3.75. The Labute approximate surface area is 167 Å². The Hall–Kier alpha value is -2.36. The lowest BCUT2D eigenvalue weighted by molar-refractivity contribution is -0.0521. The molecule has 1 saturated heterocycles. The third-order valence-corrected chi connectivity index (χ3v) is 4.30. The van der Waals surface area contributed by atoms with Crippen molar-refractivity contribution in [1.29, 1.82) is 0 Å². The molecule has 3 rings (SSSR count). The van der Waals surface area contributed by atoms with E-state index in [2.05, 4.69) is 9.73 Å². The van der Waals surface area contributed by atoms with Gasteiger partial charge in [-0.2, -0.15) is 13.5 Å². The van der Waals surface area contributed by atoms with Gasteiger partial charge in [0.1, 0.15) is 11.5 Å². The molecule has 0 aliphatic carbocycles. The van der Waals surface area contributed by atoms with Crippen LogP contribution in [0.4, 0.5) is 8.78 Å². The fourth-order valence-electron chi connectivity index (χ4n) is 2.49. The minimum absolute atomic E-state index is 0.0321. The molecule has 0 saturated carbocycles. The van der Waals surface area contributed by atoms with Crippen LogP contribution in [-0.4, -0.2) is 41.8 Å². The Morgan fingerprint density at radius 1 is 1.29 bits per heavy atom. The van der Waals surface area contributed by atoms with Crippen LogP contribution in [0.15, 0.2) is 35.6 Å². The molecule has 28 heavy (non-hydrogen) atoms. The van der Waals surface area contributed by atoms with E-state index < -0.39 is 12.5 Å². The molecule has 1 unspecified atom stereocenters. The molecular weight excluding hydrogens is 421 g/mol. The highest BCUT2D eigenvalue weighted by Gasteiger charge is 2.21. The van der Waals surface area contributed by atoms with Gasteiger partial charge in [-0.25, -0.2) is 4.99 Å². The molecule has 7 nitrogen and oxygen atoms in total. The first-order chi connectivity index (χ1) is 13.3. The quantitative estimate of drug-likeness (QED) is 0.727. The number of nitrogens with zero attached hydrogens (tertiary/aromatic N) is 2. The Bertz CT molecular complexity index is 919. The van der Waals surface area contributed by atoms with Gasteiger partial charge in [0.2, 0.25) is 0 Å². The molecule has 1 aromatic heterocycles. The van der Waals surface area contributed by atoms with Gasteiger partial charge in [-0.05, 0) is 18.2 Å². The monoisotopic (exact) mass is 434 g/mol. The molecule has 1 aliphatic heterocycles. The average molecular weight is 435 g/mol. The highest BCUT2D eigenvalue weighted by Crippen LogP contribution is 2.32. The highest BCUT2D eigenvalue weighted by molar-refractivity contribution is 6.34. The second-order valence-corrected chi connectivity index (χ2v) is 6.56. The van der Waals surface area contributed by atoms with Gasteiger partial charge < -0.3 is 19.4 Å². The Balaban J connectivity index is 1.95. The van der Waals surface area contributed by atoms with E-state index in [0.717, 1.165) is 12.4 Å². The van der Waals surface area contributed by atoms with Crippen molar-refractivity contribution < 1.29 is 33.0 Å². The van der Waals surface area contributed by atoms with Gasteiger partial charge >= 0.3 is 6.61 Å². The zero-order valence-corrected chi connectivity index (χ0v) is 15.7. The number of aromatic nitrogens is 1. The number of benzene rings is 1. The lowest BCUT2D eigenvalue weighted by Crippen LogP contribution is -2.17. The number of carbonyl (C=O) groups is 1. The van der Waals surface area contributed by atoms with E-state index in [1.165, 1.54) is 18.2 Å². The Morgan fingerprint density at radius 2 is 2.00 bits per heavy atom. The molecule has 1 fully saturated rings. The maximum atomic E-state index is 12.6. The fraction of sp³-hybridized carbons (Fsp3) is 0.294. The number of ether oxygens (including phenoxy) is 3. The lowest BCUT2D eigenvalue weighted by Gasteiger charge is -2.16. The molecular formula is C17H14Cl2F2N2O5. The molecule has 2 aromatic rings. The first-order valence-electron chi connectivity index (χ1n) is 8.02. The average Bonchev–Trinajstić information content (AvgIpc) is 3.12. The smallest absolute Gasteiger partial charge is 0.387 e. The van der Waals surface area contributed by atoms with E-state index in [0.29, 0.717) is 24.4 Å². The van der Waals surface area contributed by atoms with E-state index >= 15 is 0 Å². The van der Waals surface area contributed by atoms with Crippen LogP contribution in [0.2, 0.25) is 10.0 Å². The molecule has 1 N–H and O–H groups in total. The fourth-order valence-corrected chi connectivity index (χ4v) is 3.03. The molecule has 1 amide bonds. The summed E-state index contributed by atoms with van der Waals surface area (Å²) >= 11 is 11.9. The van der Waals surface area contributed by atoms with Gasteiger partial charge in [0, 0.05) is 12.0 Å². The van der Waals surface area contributed by atoms with Crippen LogP contribution in [0, 0.1) is 0 Å². The second-order valence-electron chi connectivity index (χ2n) is 5.74. The molecule has 1 aromatic carbocycles. The highest BCUT2D eigenvalue weighted by atomic mass is 35.5. The summed E-state index contributed by atoms with van der Waals surface area (Å²) in [4.78, 5) is 16.3. The number of hydrogen-bond acceptors (Lipinski definition) is 5. The minimum Gasteiger partial charge on any atom is -0.484 e. The minimum atomic E-state index is -3.06. The first kappa shape index (κ1) is 20.4. The number of pyridine rings is 1. The van der Waals surface area contributed by atoms with Gasteiger partial charge in [0.25, 0.3) is 5.91 Å². The number of carbonyl (C=O) groups excluding carboxylic acids is 1. The third kappa shape index (κ3) is 4.92. The zero-order chi connectivity index (χ0) is 20.3. The maximum absolute atomic E-state index is 12.6. The summed E-state index contributed by atoms with van der Waals surface area (Å²) in [6, 6.07) is 3.70. The van der Waals surface area contributed by atoms with Crippen LogP contribution >= 0.6 is 23.2 Å². The zero-order valence-electron chi connectivity index (χ0n) is 14.1. The van der Waals surface area contributed by atoms with Gasteiger partial charge in [0.15, 0.2) is 11.5 Å². The van der Waals surface area contributed by atoms with Gasteiger partial charge in [-0.3, -0.25) is 4.79 Å². The van der Waals surface area contributed by atoms with Crippen molar-refractivity contribution >= 4 is 29.1 Å². The van der Waals surface area contributed by atoms with Crippen molar-refractivity contribution in [3.63, 3.8) is 0 Å². The first-order valence-corrected chi connectivity index (χ1v) is 8.78. The summed E-state index contributed by atoms with van der Waals surface area (Å²) in [5, 5.41) is 9.21. The van der Waals surface area contributed by atoms with Crippen molar-refractivity contribution in [3.05, 3.63) is 51.6 Å². The number of rotatable bonds is 5. The largest absolute Gasteiger partial charge is 0.484 e. The van der Waals surface area contributed by atoms with Crippen LogP contribution in [0.1, 0.15) is 16.8 Å². The normalized spacial score (nSPS) is 16.2. The summed E-state index contributed by atoms with van der Waals surface area (Å²) in [6.07, 6.45) is 2.44. The topological polar surface area (TPSA) is 82.3 Å². The maximum Gasteiger partial charge on any atom is 0.387 e. The summed E-state index contributed by atoms with van der Waals surface area (Å²) in [5.74, 6) is -0.985. The Morgan fingerprint density at radius 3 is 2.61 bits per heavy atom. The second kappa shape index (κ2) is 8.76. The van der Waals surface area contributed by atoms with Gasteiger partial charge in [-0.1, -0.05) is 23.2 Å². The standard InChI is InChI=1S/C17H14Cl2F2N2O5/c18-11-6-23(25)7-12(19)15(11)22-16(24)9-1-2-13(28-17(20)21)14(5-9)27-10-3-4-26-8-10/h1-2,5-7,10,17,25H,3-4,8H2. The van der Waals surface area contributed by atoms with Crippen molar-refractivity contribution in [2.24, 2.45) is 4.99 Å². The van der Waals surface area contributed by atoms with Crippen LogP contribution in [-0.2, 0) is 4.74 Å². The number of alkyl halides is 2. The SMILES string of the molecule is O=C(N=c1c(Cl)cn(O)cc1Cl)c1ccc(OC(F)F)c(OC2CCOC2)c1. The van der Waals surface area contributed by atoms with E-state index in [4.69, 9.17) is 32.7 Å². The molecule has 2 heterocycles. The lowest BCUT2D eigenvalue weighted by atomic mass is 10.2. The number of hydrogen-bond donors (Lipinski definition) is 1. The predicted molar refractivity (Wildman–Crippen MR) is 94.5 cm³/mol. The summed E-state index contributed by atoms with van der Waals surface area (Å²) < 4.78 is 41.2. The Kier molecular flexibility index (Phi) is 6.38. The van der Waals surface area contributed by atoms with E-state index in [9.17, 15) is 18.8 Å². The van der Waals surface area contributed by atoms with E-state index in [1.807, 2.05) is 0 Å². The van der Waals surface area contributed by atoms with E-state index in [1.54, 1.807) is 0 Å². The molecule has 11 heteroatoms. The van der Waals surface area contributed by atoms with Crippen LogP contribution < -0.4 is 14.8 Å². The van der Waals surface area contributed by atoms with Crippen molar-refractivity contribution in [2.45, 2.75) is 19.1 Å². The number of halogens is 4. The molecule has 150 valence electrons. The van der Waals surface area contributed by atoms with Crippen LogP contribution in [0.25, 0.3) is 0 Å².